The molecule has 1 aromatic carbocycles. The van der Waals surface area contributed by atoms with Crippen LogP contribution in [0.2, 0.25) is 0 Å². The van der Waals surface area contributed by atoms with Gasteiger partial charge in [0.15, 0.2) is 0 Å². The van der Waals surface area contributed by atoms with Gasteiger partial charge in [0.2, 0.25) is 5.91 Å². The Hall–Kier alpha value is -2.41. The lowest BCUT2D eigenvalue weighted by molar-refractivity contribution is -0.149. The molecule has 5 rings (SSSR count). The molecule has 1 aromatic rings. The Kier molecular flexibility index (Phi) is 6.56. The van der Waals surface area contributed by atoms with Gasteiger partial charge in [-0.3, -0.25) is 14.9 Å². The minimum atomic E-state index is -1.00. The van der Waals surface area contributed by atoms with Crippen LogP contribution in [-0.2, 0) is 20.8 Å². The smallest absolute Gasteiger partial charge is 0.326 e. The Morgan fingerprint density at radius 3 is 2.34 bits per heavy atom. The largest absolute Gasteiger partial charge is 0.480 e. The lowest BCUT2D eigenvalue weighted by atomic mass is 9.55. The van der Waals surface area contributed by atoms with Crippen molar-refractivity contribution in [3.05, 3.63) is 35.9 Å². The number of amides is 1. The molecule has 1 heterocycles. The summed E-state index contributed by atoms with van der Waals surface area (Å²) in [5.74, 6) is -1.12. The van der Waals surface area contributed by atoms with Gasteiger partial charge in [0.05, 0.1) is 6.04 Å². The molecule has 4 atom stereocenters. The van der Waals surface area contributed by atoms with Gasteiger partial charge in [-0.1, -0.05) is 43.2 Å². The van der Waals surface area contributed by atoms with Crippen LogP contribution < -0.4 is 5.32 Å². The van der Waals surface area contributed by atoms with Crippen molar-refractivity contribution in [1.29, 1.82) is 0 Å². The molecule has 0 aromatic heterocycles. The molecule has 1 saturated heterocycles. The highest BCUT2D eigenvalue weighted by Crippen LogP contribution is 2.57. The standard InChI is InChI=1S/C25H34N2O5/c1-16(26-20(23(29)30)12-9-17-5-3-2-4-6-17)22(28)27-15-25(14-21(27)24(31)32)13-18-7-10-19(25)11-8-18/h2-6,16,18-21,26H,7-15H2,1H3,(H,29,30)(H,31,32). The van der Waals surface area contributed by atoms with Gasteiger partial charge in [0.25, 0.3) is 0 Å². The average Bonchev–Trinajstić information content (AvgIpc) is 3.16. The first-order chi connectivity index (χ1) is 15.3. The van der Waals surface area contributed by atoms with Crippen molar-refractivity contribution >= 4 is 17.8 Å². The highest BCUT2D eigenvalue weighted by atomic mass is 16.4. The first-order valence-corrected chi connectivity index (χ1v) is 11.8. The topological polar surface area (TPSA) is 107 Å². The van der Waals surface area contributed by atoms with Gasteiger partial charge in [-0.15, -0.1) is 0 Å². The maximum Gasteiger partial charge on any atom is 0.326 e. The van der Waals surface area contributed by atoms with Crippen molar-refractivity contribution < 1.29 is 24.6 Å². The number of hydrogen-bond acceptors (Lipinski definition) is 4. The fourth-order valence-electron chi connectivity index (χ4n) is 6.48. The Bertz CT molecular complexity index is 851. The van der Waals surface area contributed by atoms with E-state index in [1.807, 2.05) is 30.3 Å². The number of carbonyl (C=O) groups is 3. The molecule has 174 valence electrons. The third kappa shape index (κ3) is 4.53. The maximum atomic E-state index is 13.3. The zero-order valence-electron chi connectivity index (χ0n) is 18.7. The number of carboxylic acid groups (broad SMARTS) is 2. The minimum absolute atomic E-state index is 0.0842. The number of nitrogens with one attached hydrogen (secondary N) is 1. The number of aryl methyl sites for hydroxylation is 1. The Labute approximate surface area is 189 Å². The van der Waals surface area contributed by atoms with E-state index in [1.165, 1.54) is 17.7 Å². The van der Waals surface area contributed by atoms with E-state index in [0.717, 1.165) is 24.8 Å². The van der Waals surface area contributed by atoms with Gasteiger partial charge in [-0.2, -0.15) is 0 Å². The van der Waals surface area contributed by atoms with E-state index in [9.17, 15) is 24.6 Å². The minimum Gasteiger partial charge on any atom is -0.480 e. The van der Waals surface area contributed by atoms with Crippen LogP contribution >= 0.6 is 0 Å². The molecule has 0 radical (unpaired) electrons. The van der Waals surface area contributed by atoms with Crippen LogP contribution in [0.4, 0.5) is 0 Å². The quantitative estimate of drug-likeness (QED) is 0.571. The van der Waals surface area contributed by atoms with Crippen LogP contribution in [0, 0.1) is 17.3 Å². The number of carboxylic acids is 2. The summed E-state index contributed by atoms with van der Waals surface area (Å²) in [4.78, 5) is 38.7. The SMILES string of the molecule is CC(NC(CCc1ccccc1)C(=O)O)C(=O)N1CC2(CC3CCC2CC3)CC1C(=O)O. The summed E-state index contributed by atoms with van der Waals surface area (Å²) < 4.78 is 0. The molecule has 3 aliphatic carbocycles. The first-order valence-electron chi connectivity index (χ1n) is 11.8. The van der Waals surface area contributed by atoms with Crippen molar-refractivity contribution in [2.75, 3.05) is 6.54 Å². The van der Waals surface area contributed by atoms with Crippen LogP contribution in [-0.4, -0.2) is 57.6 Å². The molecular weight excluding hydrogens is 408 g/mol. The molecule has 4 fully saturated rings. The number of benzene rings is 1. The highest BCUT2D eigenvalue weighted by Gasteiger charge is 2.56. The van der Waals surface area contributed by atoms with Crippen molar-refractivity contribution in [2.24, 2.45) is 17.3 Å². The van der Waals surface area contributed by atoms with Gasteiger partial charge in [-0.25, -0.2) is 4.79 Å². The molecule has 1 amide bonds. The summed E-state index contributed by atoms with van der Waals surface area (Å²) in [5.41, 5.74) is 0.957. The second kappa shape index (κ2) is 9.22. The number of rotatable bonds is 8. The van der Waals surface area contributed by atoms with E-state index >= 15 is 0 Å². The monoisotopic (exact) mass is 442 g/mol. The molecule has 3 saturated carbocycles. The van der Waals surface area contributed by atoms with Crippen molar-refractivity contribution in [3.63, 3.8) is 0 Å². The highest BCUT2D eigenvalue weighted by molar-refractivity contribution is 5.88. The van der Waals surface area contributed by atoms with Gasteiger partial charge in [-0.05, 0) is 68.3 Å². The van der Waals surface area contributed by atoms with Crippen LogP contribution in [0.1, 0.15) is 57.4 Å². The van der Waals surface area contributed by atoms with Crippen molar-refractivity contribution in [2.45, 2.75) is 76.4 Å². The zero-order valence-corrected chi connectivity index (χ0v) is 18.7. The Balaban J connectivity index is 1.43. The summed E-state index contributed by atoms with van der Waals surface area (Å²) in [6.45, 7) is 2.13. The fourth-order valence-corrected chi connectivity index (χ4v) is 6.48. The maximum absolute atomic E-state index is 13.3. The molecule has 4 aliphatic rings. The molecular formula is C25H34N2O5. The lowest BCUT2D eigenvalue weighted by Crippen LogP contribution is -2.53. The number of carbonyl (C=O) groups excluding carboxylic acids is 1. The number of likely N-dealkylation sites (tertiary alicyclic amines) is 1. The Morgan fingerprint density at radius 1 is 1.09 bits per heavy atom. The molecule has 7 heteroatoms. The number of nitrogens with zero attached hydrogens (tertiary/aromatic N) is 1. The Morgan fingerprint density at radius 2 is 1.78 bits per heavy atom. The summed E-state index contributed by atoms with van der Waals surface area (Å²) >= 11 is 0. The molecule has 2 bridgehead atoms. The summed E-state index contributed by atoms with van der Waals surface area (Å²) in [6.07, 6.45) is 7.18. The third-order valence-electron chi connectivity index (χ3n) is 8.12. The second-order valence-electron chi connectivity index (χ2n) is 10.1. The van der Waals surface area contributed by atoms with Crippen molar-refractivity contribution in [1.82, 2.24) is 10.2 Å². The molecule has 1 spiro atoms. The number of hydrogen-bond donors (Lipinski definition) is 3. The van der Waals surface area contributed by atoms with Crippen LogP contribution in [0.3, 0.4) is 0 Å². The van der Waals surface area contributed by atoms with Gasteiger partial charge in [0.1, 0.15) is 12.1 Å². The first kappa shape index (κ1) is 22.8. The summed E-state index contributed by atoms with van der Waals surface area (Å²) in [6, 6.07) is 7.19. The molecule has 32 heavy (non-hydrogen) atoms. The predicted octanol–water partition coefficient (Wildman–Crippen LogP) is 2.93. The zero-order chi connectivity index (χ0) is 22.9. The molecule has 1 aliphatic heterocycles. The average molecular weight is 443 g/mol. The third-order valence-corrected chi connectivity index (χ3v) is 8.12. The van der Waals surface area contributed by atoms with E-state index in [0.29, 0.717) is 37.6 Å². The second-order valence-corrected chi connectivity index (χ2v) is 10.1. The van der Waals surface area contributed by atoms with Crippen LogP contribution in [0.5, 0.6) is 0 Å². The van der Waals surface area contributed by atoms with Gasteiger partial charge < -0.3 is 15.1 Å². The van der Waals surface area contributed by atoms with E-state index < -0.39 is 30.1 Å². The van der Waals surface area contributed by atoms with Crippen LogP contribution in [0.25, 0.3) is 0 Å². The summed E-state index contributed by atoms with van der Waals surface area (Å²) in [5, 5.41) is 22.5. The lowest BCUT2D eigenvalue weighted by Gasteiger charge is -2.50. The molecule has 3 N–H and O–H groups in total. The van der Waals surface area contributed by atoms with Gasteiger partial charge in [0, 0.05) is 6.54 Å². The predicted molar refractivity (Wildman–Crippen MR) is 119 cm³/mol. The number of fused-ring (bicyclic) bond motifs is 2. The van der Waals surface area contributed by atoms with Gasteiger partial charge >= 0.3 is 11.9 Å². The normalized spacial score (nSPS) is 30.9. The van der Waals surface area contributed by atoms with E-state index in [-0.39, 0.29) is 11.3 Å². The summed E-state index contributed by atoms with van der Waals surface area (Å²) in [7, 11) is 0. The van der Waals surface area contributed by atoms with Crippen molar-refractivity contribution in [3.8, 4) is 0 Å². The van der Waals surface area contributed by atoms with E-state index in [4.69, 9.17) is 0 Å². The van der Waals surface area contributed by atoms with Crippen LogP contribution in [0.15, 0.2) is 30.3 Å². The number of aliphatic carboxylic acids is 2. The molecule has 7 nitrogen and oxygen atoms in total. The molecule has 4 unspecified atom stereocenters. The van der Waals surface area contributed by atoms with E-state index in [2.05, 4.69) is 5.32 Å². The fraction of sp³-hybridized carbons (Fsp3) is 0.640. The van der Waals surface area contributed by atoms with E-state index in [1.54, 1.807) is 6.92 Å².